The first-order chi connectivity index (χ1) is 8.01. The van der Waals surface area contributed by atoms with E-state index in [1.807, 2.05) is 0 Å². The summed E-state index contributed by atoms with van der Waals surface area (Å²) in [4.78, 5) is 10.9. The van der Waals surface area contributed by atoms with Gasteiger partial charge >= 0.3 is 5.97 Å². The van der Waals surface area contributed by atoms with Gasteiger partial charge in [-0.3, -0.25) is 4.79 Å². The molecule has 0 aromatic rings. The molecule has 0 spiro atoms. The summed E-state index contributed by atoms with van der Waals surface area (Å²) in [5.74, 6) is -1.45. The van der Waals surface area contributed by atoms with Crippen molar-refractivity contribution in [3.05, 3.63) is 0 Å². The van der Waals surface area contributed by atoms with E-state index in [4.69, 9.17) is 5.11 Å². The van der Waals surface area contributed by atoms with Crippen LogP contribution in [0.25, 0.3) is 0 Å². The Kier molecular flexibility index (Phi) is 3.70. The van der Waals surface area contributed by atoms with Gasteiger partial charge in [0.1, 0.15) is 0 Å². The van der Waals surface area contributed by atoms with Gasteiger partial charge in [0.15, 0.2) is 0 Å². The molecule has 0 aliphatic carbocycles. The fourth-order valence-corrected chi connectivity index (χ4v) is 4.21. The molecule has 0 aromatic heterocycles. The molecule has 2 heterocycles. The third kappa shape index (κ3) is 2.61. The fourth-order valence-electron chi connectivity index (χ4n) is 2.44. The predicted octanol–water partition coefficient (Wildman–Crippen LogP) is 0.124. The van der Waals surface area contributed by atoms with Gasteiger partial charge in [0.2, 0.25) is 0 Å². The van der Waals surface area contributed by atoms with Gasteiger partial charge < -0.3 is 5.11 Å². The maximum absolute atomic E-state index is 12.2. The van der Waals surface area contributed by atoms with E-state index in [1.54, 1.807) is 0 Å². The average molecular weight is 262 g/mol. The number of piperidine rings is 1. The molecule has 0 bridgehead atoms. The standard InChI is InChI=1S/C10H18N2O4S/c13-10(14)9-4-3-7-12(8-9)17(15,16)11-5-1-2-6-11/h9H,1-8H2,(H,13,14). The minimum Gasteiger partial charge on any atom is -0.481 e. The normalized spacial score (nSPS) is 28.4. The Morgan fingerprint density at radius 1 is 1.06 bits per heavy atom. The maximum Gasteiger partial charge on any atom is 0.307 e. The Labute approximate surface area is 101 Å². The lowest BCUT2D eigenvalue weighted by Gasteiger charge is -2.32. The van der Waals surface area contributed by atoms with E-state index in [2.05, 4.69) is 0 Å². The highest BCUT2D eigenvalue weighted by atomic mass is 32.2. The molecule has 2 aliphatic rings. The molecule has 6 nitrogen and oxygen atoms in total. The Balaban J connectivity index is 2.08. The molecule has 17 heavy (non-hydrogen) atoms. The van der Waals surface area contributed by atoms with E-state index in [-0.39, 0.29) is 6.54 Å². The summed E-state index contributed by atoms with van der Waals surface area (Å²) >= 11 is 0. The summed E-state index contributed by atoms with van der Waals surface area (Å²) in [6.07, 6.45) is 3.00. The average Bonchev–Trinajstić information content (AvgIpc) is 2.83. The monoisotopic (exact) mass is 262 g/mol. The van der Waals surface area contributed by atoms with Gasteiger partial charge in [-0.1, -0.05) is 0 Å². The van der Waals surface area contributed by atoms with Crippen LogP contribution in [0.1, 0.15) is 25.7 Å². The summed E-state index contributed by atoms with van der Waals surface area (Å²) in [7, 11) is -3.42. The van der Waals surface area contributed by atoms with E-state index in [1.165, 1.54) is 8.61 Å². The second-order valence-electron chi connectivity index (χ2n) is 4.65. The lowest BCUT2D eigenvalue weighted by Crippen LogP contribution is -2.48. The van der Waals surface area contributed by atoms with Gasteiger partial charge in [0.05, 0.1) is 5.92 Å². The quantitative estimate of drug-likeness (QED) is 0.784. The highest BCUT2D eigenvalue weighted by Crippen LogP contribution is 2.23. The molecular formula is C10H18N2O4S. The molecule has 0 aromatic carbocycles. The molecule has 1 unspecified atom stereocenters. The van der Waals surface area contributed by atoms with Crippen LogP contribution >= 0.6 is 0 Å². The van der Waals surface area contributed by atoms with Gasteiger partial charge in [-0.25, -0.2) is 0 Å². The van der Waals surface area contributed by atoms with Crippen LogP contribution < -0.4 is 0 Å². The molecule has 0 amide bonds. The van der Waals surface area contributed by atoms with Crippen LogP contribution in [0.3, 0.4) is 0 Å². The summed E-state index contributed by atoms with van der Waals surface area (Å²) in [6.45, 7) is 1.70. The zero-order valence-electron chi connectivity index (χ0n) is 9.71. The van der Waals surface area contributed by atoms with Gasteiger partial charge in [-0.2, -0.15) is 17.0 Å². The van der Waals surface area contributed by atoms with Crippen molar-refractivity contribution in [2.24, 2.45) is 5.92 Å². The van der Waals surface area contributed by atoms with Gasteiger partial charge in [-0.15, -0.1) is 0 Å². The van der Waals surface area contributed by atoms with E-state index in [0.29, 0.717) is 32.5 Å². The largest absolute Gasteiger partial charge is 0.481 e. The summed E-state index contributed by atoms with van der Waals surface area (Å²) < 4.78 is 27.2. The van der Waals surface area contributed by atoms with E-state index < -0.39 is 22.1 Å². The fraction of sp³-hybridized carbons (Fsp3) is 0.900. The van der Waals surface area contributed by atoms with Crippen LogP contribution in [0.4, 0.5) is 0 Å². The van der Waals surface area contributed by atoms with Crippen LogP contribution in [0.15, 0.2) is 0 Å². The second kappa shape index (κ2) is 4.91. The second-order valence-corrected chi connectivity index (χ2v) is 6.58. The number of carboxylic acid groups (broad SMARTS) is 1. The number of nitrogens with zero attached hydrogens (tertiary/aromatic N) is 2. The van der Waals surface area contributed by atoms with Gasteiger partial charge in [0, 0.05) is 26.2 Å². The van der Waals surface area contributed by atoms with Crippen molar-refractivity contribution in [1.29, 1.82) is 0 Å². The van der Waals surface area contributed by atoms with Crippen molar-refractivity contribution in [3.63, 3.8) is 0 Å². The minimum atomic E-state index is -3.42. The van der Waals surface area contributed by atoms with E-state index in [9.17, 15) is 13.2 Å². The third-order valence-electron chi connectivity index (χ3n) is 3.45. The highest BCUT2D eigenvalue weighted by Gasteiger charge is 2.36. The number of carbonyl (C=O) groups is 1. The van der Waals surface area contributed by atoms with E-state index >= 15 is 0 Å². The molecule has 7 heteroatoms. The lowest BCUT2D eigenvalue weighted by molar-refractivity contribution is -0.142. The molecule has 2 aliphatic heterocycles. The molecule has 1 N–H and O–H groups in total. The van der Waals surface area contributed by atoms with Crippen LogP contribution in [-0.4, -0.2) is 54.3 Å². The molecule has 0 saturated carbocycles. The number of aliphatic carboxylic acids is 1. The van der Waals surface area contributed by atoms with Crippen LogP contribution in [0, 0.1) is 5.92 Å². The number of hydrogen-bond donors (Lipinski definition) is 1. The zero-order chi connectivity index (χ0) is 12.5. The van der Waals surface area contributed by atoms with Crippen molar-refractivity contribution >= 4 is 16.2 Å². The lowest BCUT2D eigenvalue weighted by atomic mass is 10.0. The third-order valence-corrected chi connectivity index (χ3v) is 5.45. The summed E-state index contributed by atoms with van der Waals surface area (Å²) in [6, 6.07) is 0. The maximum atomic E-state index is 12.2. The molecule has 98 valence electrons. The molecule has 2 fully saturated rings. The highest BCUT2D eigenvalue weighted by molar-refractivity contribution is 7.86. The van der Waals surface area contributed by atoms with Gasteiger partial charge in [0.25, 0.3) is 10.2 Å². The minimum absolute atomic E-state index is 0.119. The SMILES string of the molecule is O=C(O)C1CCCN(S(=O)(=O)N2CCCC2)C1. The Hall–Kier alpha value is -0.660. The topological polar surface area (TPSA) is 77.9 Å². The molecular weight excluding hydrogens is 244 g/mol. The molecule has 2 rings (SSSR count). The first-order valence-corrected chi connectivity index (χ1v) is 7.39. The first kappa shape index (κ1) is 12.8. The van der Waals surface area contributed by atoms with Crippen molar-refractivity contribution < 1.29 is 18.3 Å². The van der Waals surface area contributed by atoms with Crippen molar-refractivity contribution in [2.45, 2.75) is 25.7 Å². The Morgan fingerprint density at radius 2 is 1.65 bits per heavy atom. The zero-order valence-corrected chi connectivity index (χ0v) is 10.5. The van der Waals surface area contributed by atoms with Gasteiger partial charge in [-0.05, 0) is 25.7 Å². The summed E-state index contributed by atoms with van der Waals surface area (Å²) in [5.41, 5.74) is 0. The van der Waals surface area contributed by atoms with Crippen molar-refractivity contribution in [2.75, 3.05) is 26.2 Å². The smallest absolute Gasteiger partial charge is 0.307 e. The number of carboxylic acids is 1. The predicted molar refractivity (Wildman–Crippen MR) is 61.7 cm³/mol. The number of rotatable bonds is 3. The molecule has 2 saturated heterocycles. The number of hydrogen-bond acceptors (Lipinski definition) is 3. The summed E-state index contributed by atoms with van der Waals surface area (Å²) in [5, 5.41) is 8.95. The molecule has 0 radical (unpaired) electrons. The van der Waals surface area contributed by atoms with Crippen LogP contribution in [0.2, 0.25) is 0 Å². The van der Waals surface area contributed by atoms with Crippen molar-refractivity contribution in [1.82, 2.24) is 8.61 Å². The Morgan fingerprint density at radius 3 is 2.24 bits per heavy atom. The van der Waals surface area contributed by atoms with Crippen LogP contribution in [0.5, 0.6) is 0 Å². The Bertz CT molecular complexity index is 389. The molecule has 1 atom stereocenters. The van der Waals surface area contributed by atoms with Crippen LogP contribution in [-0.2, 0) is 15.0 Å². The van der Waals surface area contributed by atoms with E-state index in [0.717, 1.165) is 12.8 Å². The van der Waals surface area contributed by atoms with Crippen molar-refractivity contribution in [3.8, 4) is 0 Å². The first-order valence-electron chi connectivity index (χ1n) is 6.00.